The third-order valence-electron chi connectivity index (χ3n) is 3.52. The normalized spacial score (nSPS) is 11.2. The molecule has 2 aromatic rings. The third-order valence-corrected chi connectivity index (χ3v) is 4.58. The molecule has 0 aliphatic rings. The van der Waals surface area contributed by atoms with Crippen molar-refractivity contribution in [3.8, 4) is 5.75 Å². The Morgan fingerprint density at radius 3 is 2.42 bits per heavy atom. The summed E-state index contributed by atoms with van der Waals surface area (Å²) < 4.78 is 5.16. The summed E-state index contributed by atoms with van der Waals surface area (Å²) in [6, 6.07) is 13.7. The van der Waals surface area contributed by atoms with Gasteiger partial charge < -0.3 is 15.8 Å². The maximum atomic E-state index is 12.2. The van der Waals surface area contributed by atoms with Crippen LogP contribution in [0.4, 0.5) is 11.4 Å². The molecule has 5 heteroatoms. The van der Waals surface area contributed by atoms with Crippen molar-refractivity contribution in [3.05, 3.63) is 48.0 Å². The minimum Gasteiger partial charge on any atom is -0.497 e. The molecule has 0 heterocycles. The molecule has 2 rings (SSSR count). The summed E-state index contributed by atoms with van der Waals surface area (Å²) in [6.45, 7) is 5.63. The largest absolute Gasteiger partial charge is 0.497 e. The summed E-state index contributed by atoms with van der Waals surface area (Å²) in [6.07, 6.45) is 0. The Hall–Kier alpha value is -2.14. The van der Waals surface area contributed by atoms with Crippen LogP contribution in [-0.4, -0.2) is 13.0 Å². The van der Waals surface area contributed by atoms with Gasteiger partial charge in [0.2, 0.25) is 5.91 Å². The van der Waals surface area contributed by atoms with E-state index in [9.17, 15) is 4.79 Å². The number of ether oxygens (including phenoxy) is 1. The van der Waals surface area contributed by atoms with Gasteiger partial charge >= 0.3 is 0 Å². The number of carbonyl (C=O) groups is 1. The van der Waals surface area contributed by atoms with Crippen molar-refractivity contribution in [1.82, 2.24) is 0 Å². The lowest BCUT2D eigenvalue weighted by Gasteiger charge is -2.19. The van der Waals surface area contributed by atoms with E-state index in [2.05, 4.69) is 5.32 Å². The highest BCUT2D eigenvalue weighted by atomic mass is 32.2. The van der Waals surface area contributed by atoms with Crippen LogP contribution in [-0.2, 0) is 10.5 Å². The van der Waals surface area contributed by atoms with Crippen molar-refractivity contribution in [2.75, 3.05) is 18.2 Å². The van der Waals surface area contributed by atoms with Gasteiger partial charge in [0.25, 0.3) is 0 Å². The van der Waals surface area contributed by atoms with Gasteiger partial charge in [0.05, 0.1) is 18.5 Å². The second-order valence-corrected chi connectivity index (χ2v) is 7.64. The van der Waals surface area contributed by atoms with Gasteiger partial charge in [-0.15, -0.1) is 11.8 Å². The molecule has 0 unspecified atom stereocenters. The predicted molar refractivity (Wildman–Crippen MR) is 101 cm³/mol. The number of hydrogen-bond acceptors (Lipinski definition) is 4. The van der Waals surface area contributed by atoms with Crippen molar-refractivity contribution in [3.63, 3.8) is 0 Å². The van der Waals surface area contributed by atoms with Crippen LogP contribution >= 0.6 is 11.8 Å². The highest BCUT2D eigenvalue weighted by Crippen LogP contribution is 2.30. The number of carbonyl (C=O) groups excluding carboxylic acids is 1. The van der Waals surface area contributed by atoms with Crippen LogP contribution in [0.25, 0.3) is 0 Å². The van der Waals surface area contributed by atoms with E-state index in [0.717, 1.165) is 16.4 Å². The van der Waals surface area contributed by atoms with Crippen LogP contribution in [0.3, 0.4) is 0 Å². The summed E-state index contributed by atoms with van der Waals surface area (Å²) in [7, 11) is 1.66. The molecule has 2 aromatic carbocycles. The first kappa shape index (κ1) is 18.2. The summed E-state index contributed by atoms with van der Waals surface area (Å²) >= 11 is 1.70. The lowest BCUT2D eigenvalue weighted by molar-refractivity contribution is -0.123. The van der Waals surface area contributed by atoms with E-state index in [1.54, 1.807) is 18.9 Å². The molecule has 0 radical (unpaired) electrons. The number of benzene rings is 2. The number of amides is 1. The highest BCUT2D eigenvalue weighted by molar-refractivity contribution is 7.98. The van der Waals surface area contributed by atoms with E-state index in [1.165, 1.54) is 5.56 Å². The standard InChI is InChI=1S/C19H24N2O2S/c1-19(2,3)18(22)21-17-11-15(9-10-16(17)20)24-12-13-5-7-14(23-4)8-6-13/h5-11H,12,20H2,1-4H3,(H,21,22). The molecule has 24 heavy (non-hydrogen) atoms. The van der Waals surface area contributed by atoms with E-state index in [-0.39, 0.29) is 5.91 Å². The number of nitrogens with two attached hydrogens (primary N) is 1. The van der Waals surface area contributed by atoms with Gasteiger partial charge in [-0.05, 0) is 35.9 Å². The van der Waals surface area contributed by atoms with Gasteiger partial charge in [0.1, 0.15) is 5.75 Å². The quantitative estimate of drug-likeness (QED) is 0.617. The minimum absolute atomic E-state index is 0.0495. The monoisotopic (exact) mass is 344 g/mol. The van der Waals surface area contributed by atoms with Crippen LogP contribution in [0, 0.1) is 5.41 Å². The maximum Gasteiger partial charge on any atom is 0.229 e. The van der Waals surface area contributed by atoms with Gasteiger partial charge in [-0.1, -0.05) is 32.9 Å². The molecular weight excluding hydrogens is 320 g/mol. The fraction of sp³-hybridized carbons (Fsp3) is 0.316. The van der Waals surface area contributed by atoms with Crippen molar-refractivity contribution >= 4 is 29.0 Å². The Bertz CT molecular complexity index is 706. The predicted octanol–water partition coefficient (Wildman–Crippen LogP) is 4.55. The average molecular weight is 344 g/mol. The van der Waals surface area contributed by atoms with Gasteiger partial charge in [-0.2, -0.15) is 0 Å². The van der Waals surface area contributed by atoms with E-state index in [1.807, 2.05) is 63.2 Å². The number of methoxy groups -OCH3 is 1. The molecule has 0 fully saturated rings. The van der Waals surface area contributed by atoms with Crippen molar-refractivity contribution in [1.29, 1.82) is 0 Å². The zero-order chi connectivity index (χ0) is 17.7. The Kier molecular flexibility index (Phi) is 5.78. The minimum atomic E-state index is -0.460. The average Bonchev–Trinajstić information content (AvgIpc) is 2.55. The Labute approximate surface area is 147 Å². The molecule has 0 saturated carbocycles. The summed E-state index contributed by atoms with van der Waals surface area (Å²) in [4.78, 5) is 13.2. The molecule has 0 bridgehead atoms. The number of hydrogen-bond donors (Lipinski definition) is 2. The van der Waals surface area contributed by atoms with Crippen LogP contribution in [0.5, 0.6) is 5.75 Å². The number of nitrogens with one attached hydrogen (secondary N) is 1. The van der Waals surface area contributed by atoms with Gasteiger partial charge in [-0.3, -0.25) is 4.79 Å². The molecule has 1 amide bonds. The first-order chi connectivity index (χ1) is 11.3. The second kappa shape index (κ2) is 7.62. The van der Waals surface area contributed by atoms with Crippen molar-refractivity contribution in [2.24, 2.45) is 5.41 Å². The molecule has 0 aliphatic heterocycles. The van der Waals surface area contributed by atoms with Crippen LogP contribution in [0.1, 0.15) is 26.3 Å². The van der Waals surface area contributed by atoms with Gasteiger partial charge in [0, 0.05) is 16.1 Å². The number of thioether (sulfide) groups is 1. The van der Waals surface area contributed by atoms with Crippen LogP contribution < -0.4 is 15.8 Å². The first-order valence-electron chi connectivity index (χ1n) is 7.76. The SMILES string of the molecule is COc1ccc(CSc2ccc(N)c(NC(=O)C(C)(C)C)c2)cc1. The van der Waals surface area contributed by atoms with Gasteiger partial charge in [0.15, 0.2) is 0 Å². The second-order valence-electron chi connectivity index (χ2n) is 6.59. The number of anilines is 2. The van der Waals surface area contributed by atoms with Gasteiger partial charge in [-0.25, -0.2) is 0 Å². The summed E-state index contributed by atoms with van der Waals surface area (Å²) in [5.41, 5.74) is 7.96. The molecule has 3 N–H and O–H groups in total. The third kappa shape index (κ3) is 4.93. The maximum absolute atomic E-state index is 12.2. The van der Waals surface area contributed by atoms with Crippen LogP contribution in [0.15, 0.2) is 47.4 Å². The molecule has 0 aliphatic carbocycles. The Balaban J connectivity index is 2.05. The fourth-order valence-corrected chi connectivity index (χ4v) is 2.82. The van der Waals surface area contributed by atoms with E-state index >= 15 is 0 Å². The van der Waals surface area contributed by atoms with Crippen molar-refractivity contribution < 1.29 is 9.53 Å². The summed E-state index contributed by atoms with van der Waals surface area (Å²) in [5.74, 6) is 1.63. The lowest BCUT2D eigenvalue weighted by atomic mass is 9.95. The molecule has 0 aromatic heterocycles. The molecule has 0 spiro atoms. The Morgan fingerprint density at radius 1 is 1.17 bits per heavy atom. The zero-order valence-electron chi connectivity index (χ0n) is 14.6. The molecule has 0 atom stereocenters. The molecule has 128 valence electrons. The lowest BCUT2D eigenvalue weighted by Crippen LogP contribution is -2.28. The molecular formula is C19H24N2O2S. The first-order valence-corrected chi connectivity index (χ1v) is 8.75. The molecule has 4 nitrogen and oxygen atoms in total. The van der Waals surface area contributed by atoms with E-state index < -0.39 is 5.41 Å². The Morgan fingerprint density at radius 2 is 1.83 bits per heavy atom. The summed E-state index contributed by atoms with van der Waals surface area (Å²) in [5, 5.41) is 2.91. The smallest absolute Gasteiger partial charge is 0.229 e. The highest BCUT2D eigenvalue weighted by Gasteiger charge is 2.21. The van der Waals surface area contributed by atoms with E-state index in [0.29, 0.717) is 11.4 Å². The van der Waals surface area contributed by atoms with Crippen molar-refractivity contribution in [2.45, 2.75) is 31.4 Å². The van der Waals surface area contributed by atoms with Crippen LogP contribution in [0.2, 0.25) is 0 Å². The molecule has 0 saturated heterocycles. The number of nitrogen functional groups attached to an aromatic ring is 1. The topological polar surface area (TPSA) is 64.3 Å². The number of rotatable bonds is 5. The van der Waals surface area contributed by atoms with E-state index in [4.69, 9.17) is 10.5 Å². The zero-order valence-corrected chi connectivity index (χ0v) is 15.4. The fourth-order valence-electron chi connectivity index (χ4n) is 1.93.